The van der Waals surface area contributed by atoms with E-state index in [9.17, 15) is 9.59 Å². The number of nitrogens with zero attached hydrogens (tertiary/aromatic N) is 1. The SMILES string of the molecule is CCCCCC(=O)CCCCN1CCC1=O. The molecule has 0 aromatic rings. The van der Waals surface area contributed by atoms with Crippen molar-refractivity contribution in [3.05, 3.63) is 0 Å². The Morgan fingerprint density at radius 2 is 1.88 bits per heavy atom. The van der Waals surface area contributed by atoms with E-state index in [4.69, 9.17) is 0 Å². The Morgan fingerprint density at radius 3 is 2.38 bits per heavy atom. The molecule has 1 rings (SSSR count). The fraction of sp³-hybridized carbons (Fsp3) is 0.846. The van der Waals surface area contributed by atoms with Crippen LogP contribution in [0.4, 0.5) is 0 Å². The maximum atomic E-state index is 11.4. The average Bonchev–Trinajstić information content (AvgIpc) is 2.27. The first kappa shape index (κ1) is 13.2. The number of β-lactam (4-membered cyclic amide) rings is 1. The minimum absolute atomic E-state index is 0.272. The van der Waals surface area contributed by atoms with Gasteiger partial charge in [-0.25, -0.2) is 0 Å². The number of hydrogen-bond acceptors (Lipinski definition) is 2. The second-order valence-corrected chi connectivity index (χ2v) is 4.58. The van der Waals surface area contributed by atoms with Crippen LogP contribution in [-0.2, 0) is 9.59 Å². The highest BCUT2D eigenvalue weighted by Gasteiger charge is 2.22. The van der Waals surface area contributed by atoms with Crippen LogP contribution < -0.4 is 0 Å². The molecule has 0 radical (unpaired) electrons. The van der Waals surface area contributed by atoms with Crippen molar-refractivity contribution in [2.45, 2.75) is 58.3 Å². The Hall–Kier alpha value is -0.860. The Morgan fingerprint density at radius 1 is 1.19 bits per heavy atom. The molecular formula is C13H23NO2. The maximum absolute atomic E-state index is 11.4. The topological polar surface area (TPSA) is 37.4 Å². The fourth-order valence-corrected chi connectivity index (χ4v) is 1.92. The Bertz CT molecular complexity index is 238. The van der Waals surface area contributed by atoms with E-state index in [1.54, 1.807) is 0 Å². The second-order valence-electron chi connectivity index (χ2n) is 4.58. The molecule has 16 heavy (non-hydrogen) atoms. The van der Waals surface area contributed by atoms with E-state index in [0.717, 1.165) is 51.6 Å². The normalized spacial score (nSPS) is 15.1. The summed E-state index contributed by atoms with van der Waals surface area (Å²) in [5, 5.41) is 0. The molecular weight excluding hydrogens is 202 g/mol. The van der Waals surface area contributed by atoms with E-state index in [2.05, 4.69) is 6.92 Å². The predicted octanol–water partition coefficient (Wildman–Crippen LogP) is 2.54. The summed E-state index contributed by atoms with van der Waals surface area (Å²) in [5.74, 6) is 0.664. The van der Waals surface area contributed by atoms with Crippen molar-refractivity contribution in [1.82, 2.24) is 4.90 Å². The Labute approximate surface area is 98.2 Å². The van der Waals surface area contributed by atoms with E-state index < -0.39 is 0 Å². The molecule has 92 valence electrons. The Balaban J connectivity index is 1.90. The highest BCUT2D eigenvalue weighted by molar-refractivity contribution is 5.81. The molecule has 0 unspecified atom stereocenters. The molecule has 0 bridgehead atoms. The first-order chi connectivity index (χ1) is 7.74. The predicted molar refractivity (Wildman–Crippen MR) is 64.2 cm³/mol. The average molecular weight is 225 g/mol. The number of Topliss-reactive ketones (excluding diaryl/α,β-unsaturated/α-hetero) is 1. The third-order valence-corrected chi connectivity index (χ3v) is 3.14. The lowest BCUT2D eigenvalue weighted by atomic mass is 10.1. The largest absolute Gasteiger partial charge is 0.342 e. The van der Waals surface area contributed by atoms with E-state index in [0.29, 0.717) is 12.2 Å². The summed E-state index contributed by atoms with van der Waals surface area (Å²) in [6, 6.07) is 0. The lowest BCUT2D eigenvalue weighted by Crippen LogP contribution is -2.43. The van der Waals surface area contributed by atoms with Crippen LogP contribution in [0.15, 0.2) is 0 Å². The molecule has 1 aliphatic heterocycles. The van der Waals surface area contributed by atoms with E-state index >= 15 is 0 Å². The van der Waals surface area contributed by atoms with Crippen molar-refractivity contribution in [2.75, 3.05) is 13.1 Å². The van der Waals surface area contributed by atoms with Crippen LogP contribution in [-0.4, -0.2) is 29.7 Å². The van der Waals surface area contributed by atoms with Gasteiger partial charge in [-0.15, -0.1) is 0 Å². The van der Waals surface area contributed by atoms with Crippen LogP contribution in [0, 0.1) is 0 Å². The van der Waals surface area contributed by atoms with Crippen molar-refractivity contribution in [3.8, 4) is 0 Å². The number of carbonyl (C=O) groups is 2. The zero-order valence-electron chi connectivity index (χ0n) is 10.3. The molecule has 0 aliphatic carbocycles. The van der Waals surface area contributed by atoms with Crippen molar-refractivity contribution in [3.63, 3.8) is 0 Å². The van der Waals surface area contributed by atoms with Gasteiger partial charge in [0.1, 0.15) is 5.78 Å². The molecule has 1 aliphatic rings. The van der Waals surface area contributed by atoms with Crippen molar-refractivity contribution >= 4 is 11.7 Å². The molecule has 0 N–H and O–H groups in total. The summed E-state index contributed by atoms with van der Waals surface area (Å²) < 4.78 is 0. The van der Waals surface area contributed by atoms with E-state index in [1.807, 2.05) is 4.90 Å². The molecule has 1 saturated heterocycles. The maximum Gasteiger partial charge on any atom is 0.224 e. The summed E-state index contributed by atoms with van der Waals surface area (Å²) in [5.41, 5.74) is 0. The minimum atomic E-state index is 0.272. The number of likely N-dealkylation sites (tertiary alicyclic amines) is 1. The van der Waals surface area contributed by atoms with Gasteiger partial charge in [0.2, 0.25) is 5.91 Å². The summed E-state index contributed by atoms with van der Waals surface area (Å²) in [7, 11) is 0. The molecule has 0 atom stereocenters. The first-order valence-corrected chi connectivity index (χ1v) is 6.53. The molecule has 1 amide bonds. The standard InChI is InChI=1S/C13H23NO2/c1-2-3-4-7-12(15)8-5-6-10-14-11-9-13(14)16/h2-11H2,1H3. The fourth-order valence-electron chi connectivity index (χ4n) is 1.92. The number of carbonyl (C=O) groups excluding carboxylic acids is 2. The van der Waals surface area contributed by atoms with Gasteiger partial charge in [-0.2, -0.15) is 0 Å². The van der Waals surface area contributed by atoms with Gasteiger partial charge in [0, 0.05) is 32.4 Å². The van der Waals surface area contributed by atoms with Gasteiger partial charge in [-0.05, 0) is 19.3 Å². The molecule has 0 spiro atoms. The number of ketones is 1. The molecule has 3 nitrogen and oxygen atoms in total. The molecule has 3 heteroatoms. The summed E-state index contributed by atoms with van der Waals surface area (Å²) >= 11 is 0. The lowest BCUT2D eigenvalue weighted by molar-refractivity contribution is -0.139. The van der Waals surface area contributed by atoms with Gasteiger partial charge in [-0.1, -0.05) is 19.8 Å². The van der Waals surface area contributed by atoms with E-state index in [-0.39, 0.29) is 5.91 Å². The zero-order valence-corrected chi connectivity index (χ0v) is 10.3. The van der Waals surface area contributed by atoms with Gasteiger partial charge in [0.25, 0.3) is 0 Å². The molecule has 0 aromatic heterocycles. The summed E-state index contributed by atoms with van der Waals surface area (Å²) in [4.78, 5) is 24.3. The van der Waals surface area contributed by atoms with Crippen LogP contribution in [0.5, 0.6) is 0 Å². The van der Waals surface area contributed by atoms with Crippen LogP contribution in [0.2, 0.25) is 0 Å². The minimum Gasteiger partial charge on any atom is -0.342 e. The van der Waals surface area contributed by atoms with Gasteiger partial charge >= 0.3 is 0 Å². The zero-order chi connectivity index (χ0) is 11.8. The van der Waals surface area contributed by atoms with Crippen molar-refractivity contribution in [2.24, 2.45) is 0 Å². The van der Waals surface area contributed by atoms with Gasteiger partial charge in [0.15, 0.2) is 0 Å². The molecule has 0 aromatic carbocycles. The number of unbranched alkanes of at least 4 members (excludes halogenated alkanes) is 3. The molecule has 1 heterocycles. The third-order valence-electron chi connectivity index (χ3n) is 3.14. The van der Waals surface area contributed by atoms with Crippen LogP contribution in [0.25, 0.3) is 0 Å². The number of amides is 1. The molecule has 0 saturated carbocycles. The van der Waals surface area contributed by atoms with Crippen LogP contribution >= 0.6 is 0 Å². The van der Waals surface area contributed by atoms with Crippen molar-refractivity contribution < 1.29 is 9.59 Å². The van der Waals surface area contributed by atoms with Crippen molar-refractivity contribution in [1.29, 1.82) is 0 Å². The number of hydrogen-bond donors (Lipinski definition) is 0. The summed E-state index contributed by atoms with van der Waals surface area (Å²) in [6.07, 6.45) is 7.45. The summed E-state index contributed by atoms with van der Waals surface area (Å²) in [6.45, 7) is 3.92. The molecule has 1 fully saturated rings. The van der Waals surface area contributed by atoms with Gasteiger partial charge in [0.05, 0.1) is 0 Å². The second kappa shape index (κ2) is 7.42. The van der Waals surface area contributed by atoms with Crippen LogP contribution in [0.1, 0.15) is 58.3 Å². The first-order valence-electron chi connectivity index (χ1n) is 6.53. The lowest BCUT2D eigenvalue weighted by Gasteiger charge is -2.30. The number of rotatable bonds is 9. The third kappa shape index (κ3) is 4.77. The van der Waals surface area contributed by atoms with Gasteiger partial charge < -0.3 is 4.90 Å². The van der Waals surface area contributed by atoms with E-state index in [1.165, 1.54) is 6.42 Å². The van der Waals surface area contributed by atoms with Gasteiger partial charge in [-0.3, -0.25) is 9.59 Å². The highest BCUT2D eigenvalue weighted by Crippen LogP contribution is 2.11. The Kier molecular flexibility index (Phi) is 6.12. The highest BCUT2D eigenvalue weighted by atomic mass is 16.2. The monoisotopic (exact) mass is 225 g/mol. The van der Waals surface area contributed by atoms with Crippen LogP contribution in [0.3, 0.4) is 0 Å². The smallest absolute Gasteiger partial charge is 0.224 e. The quantitative estimate of drug-likeness (QED) is 0.446.